The number of aliphatic imine (C=N–C) groups is 1. The normalized spacial score (nSPS) is 15.5. The zero-order valence-electron chi connectivity index (χ0n) is 13.6. The molecule has 0 bridgehead atoms. The standard InChI is InChI=1S/C17H27N3O2/c1-13-6-7-15(16(10-13)22-9-8-21-2)12-20-17(18)19-11-14-4-3-5-14/h6-7,10,14H,3-5,8-9,11-12H2,1-2H3,(H3,18,19,20). The number of ether oxygens (including phenoxy) is 2. The molecule has 0 heterocycles. The highest BCUT2D eigenvalue weighted by Gasteiger charge is 2.16. The van der Waals surface area contributed by atoms with Crippen LogP contribution in [0, 0.1) is 12.8 Å². The summed E-state index contributed by atoms with van der Waals surface area (Å²) in [6, 6.07) is 6.13. The van der Waals surface area contributed by atoms with Crippen LogP contribution in [0.25, 0.3) is 0 Å². The van der Waals surface area contributed by atoms with Crippen molar-refractivity contribution in [1.82, 2.24) is 5.32 Å². The molecular formula is C17H27N3O2. The first-order chi connectivity index (χ1) is 10.7. The fourth-order valence-electron chi connectivity index (χ4n) is 2.33. The van der Waals surface area contributed by atoms with E-state index < -0.39 is 0 Å². The molecule has 0 amide bonds. The van der Waals surface area contributed by atoms with Gasteiger partial charge in [-0.05, 0) is 37.3 Å². The summed E-state index contributed by atoms with van der Waals surface area (Å²) in [5, 5.41) is 3.20. The van der Waals surface area contributed by atoms with E-state index in [1.165, 1.54) is 19.3 Å². The van der Waals surface area contributed by atoms with Crippen LogP contribution in [0.2, 0.25) is 0 Å². The van der Waals surface area contributed by atoms with Gasteiger partial charge in [0.25, 0.3) is 0 Å². The Bertz CT molecular complexity index is 499. The van der Waals surface area contributed by atoms with Gasteiger partial charge in [-0.15, -0.1) is 0 Å². The van der Waals surface area contributed by atoms with E-state index in [-0.39, 0.29) is 0 Å². The second-order valence-electron chi connectivity index (χ2n) is 5.83. The van der Waals surface area contributed by atoms with Crippen molar-refractivity contribution >= 4 is 5.96 Å². The summed E-state index contributed by atoms with van der Waals surface area (Å²) in [7, 11) is 1.67. The summed E-state index contributed by atoms with van der Waals surface area (Å²) >= 11 is 0. The van der Waals surface area contributed by atoms with Crippen LogP contribution in [-0.2, 0) is 11.3 Å². The number of guanidine groups is 1. The summed E-state index contributed by atoms with van der Waals surface area (Å²) in [6.07, 6.45) is 3.94. The van der Waals surface area contributed by atoms with Gasteiger partial charge in [0.15, 0.2) is 5.96 Å². The number of hydrogen-bond acceptors (Lipinski definition) is 3. The largest absolute Gasteiger partial charge is 0.491 e. The average Bonchev–Trinajstić information content (AvgIpc) is 2.45. The topological polar surface area (TPSA) is 68.9 Å². The molecule has 0 spiro atoms. The third-order valence-corrected chi connectivity index (χ3v) is 3.98. The molecule has 1 fully saturated rings. The molecule has 0 atom stereocenters. The van der Waals surface area contributed by atoms with Crippen molar-refractivity contribution in [3.8, 4) is 5.75 Å². The van der Waals surface area contributed by atoms with Crippen LogP contribution in [0.5, 0.6) is 5.75 Å². The highest BCUT2D eigenvalue weighted by atomic mass is 16.5. The van der Waals surface area contributed by atoms with Crippen LogP contribution >= 0.6 is 0 Å². The highest BCUT2D eigenvalue weighted by molar-refractivity contribution is 5.77. The Labute approximate surface area is 132 Å². The number of nitrogens with zero attached hydrogens (tertiary/aromatic N) is 1. The minimum Gasteiger partial charge on any atom is -0.491 e. The van der Waals surface area contributed by atoms with Gasteiger partial charge < -0.3 is 20.5 Å². The molecular weight excluding hydrogens is 278 g/mol. The van der Waals surface area contributed by atoms with Crippen LogP contribution in [0.4, 0.5) is 0 Å². The lowest BCUT2D eigenvalue weighted by Gasteiger charge is -2.25. The maximum absolute atomic E-state index is 5.93. The number of rotatable bonds is 8. The smallest absolute Gasteiger partial charge is 0.188 e. The summed E-state index contributed by atoms with van der Waals surface area (Å²) < 4.78 is 10.8. The van der Waals surface area contributed by atoms with Gasteiger partial charge in [-0.3, -0.25) is 0 Å². The summed E-state index contributed by atoms with van der Waals surface area (Å²) in [5.41, 5.74) is 8.13. The maximum atomic E-state index is 5.93. The van der Waals surface area contributed by atoms with Gasteiger partial charge in [0, 0.05) is 19.2 Å². The second-order valence-corrected chi connectivity index (χ2v) is 5.83. The SMILES string of the molecule is COCCOc1cc(C)ccc1CN=C(N)NCC1CCC1. The molecule has 1 aromatic carbocycles. The van der Waals surface area contributed by atoms with E-state index in [0.717, 1.165) is 29.3 Å². The molecule has 1 aliphatic carbocycles. The first-order valence-corrected chi connectivity index (χ1v) is 7.94. The Morgan fingerprint density at radius 2 is 2.18 bits per heavy atom. The van der Waals surface area contributed by atoms with Gasteiger partial charge >= 0.3 is 0 Å². The van der Waals surface area contributed by atoms with Crippen LogP contribution < -0.4 is 15.8 Å². The Kier molecular flexibility index (Phi) is 6.52. The zero-order valence-corrected chi connectivity index (χ0v) is 13.6. The average molecular weight is 305 g/mol. The molecule has 0 saturated heterocycles. The summed E-state index contributed by atoms with van der Waals surface area (Å²) in [4.78, 5) is 4.42. The summed E-state index contributed by atoms with van der Waals surface area (Å²) in [5.74, 6) is 2.13. The van der Waals surface area contributed by atoms with E-state index in [2.05, 4.69) is 16.4 Å². The lowest BCUT2D eigenvalue weighted by molar-refractivity contribution is 0.146. The number of methoxy groups -OCH3 is 1. The predicted octanol–water partition coefficient (Wildman–Crippen LogP) is 2.22. The number of aryl methyl sites for hydroxylation is 1. The van der Waals surface area contributed by atoms with Crippen molar-refractivity contribution in [2.45, 2.75) is 32.7 Å². The molecule has 1 aromatic rings. The highest BCUT2D eigenvalue weighted by Crippen LogP contribution is 2.25. The molecule has 5 heteroatoms. The molecule has 0 aromatic heterocycles. The van der Waals surface area contributed by atoms with Gasteiger partial charge in [0.1, 0.15) is 12.4 Å². The van der Waals surface area contributed by atoms with Crippen molar-refractivity contribution in [1.29, 1.82) is 0 Å². The van der Waals surface area contributed by atoms with Crippen molar-refractivity contribution in [3.05, 3.63) is 29.3 Å². The molecule has 122 valence electrons. The molecule has 0 radical (unpaired) electrons. The van der Waals surface area contributed by atoms with Crippen molar-refractivity contribution in [3.63, 3.8) is 0 Å². The molecule has 22 heavy (non-hydrogen) atoms. The van der Waals surface area contributed by atoms with Gasteiger partial charge in [-0.25, -0.2) is 4.99 Å². The third kappa shape index (κ3) is 5.22. The molecule has 5 nitrogen and oxygen atoms in total. The maximum Gasteiger partial charge on any atom is 0.188 e. The van der Waals surface area contributed by atoms with E-state index in [1.54, 1.807) is 7.11 Å². The zero-order chi connectivity index (χ0) is 15.8. The fourth-order valence-corrected chi connectivity index (χ4v) is 2.33. The van der Waals surface area contributed by atoms with Crippen molar-refractivity contribution in [2.24, 2.45) is 16.6 Å². The van der Waals surface area contributed by atoms with Crippen molar-refractivity contribution in [2.75, 3.05) is 26.9 Å². The molecule has 3 N–H and O–H groups in total. The van der Waals surface area contributed by atoms with E-state index >= 15 is 0 Å². The first kappa shape index (κ1) is 16.6. The minimum absolute atomic E-state index is 0.510. The molecule has 2 rings (SSSR count). The van der Waals surface area contributed by atoms with Crippen LogP contribution in [0.3, 0.4) is 0 Å². The first-order valence-electron chi connectivity index (χ1n) is 7.94. The predicted molar refractivity (Wildman–Crippen MR) is 89.2 cm³/mol. The van der Waals surface area contributed by atoms with Crippen LogP contribution in [0.15, 0.2) is 23.2 Å². The molecule has 0 aliphatic heterocycles. The van der Waals surface area contributed by atoms with Gasteiger partial charge in [-0.2, -0.15) is 0 Å². The Balaban J connectivity index is 1.89. The molecule has 1 saturated carbocycles. The Morgan fingerprint density at radius 3 is 2.86 bits per heavy atom. The van der Waals surface area contributed by atoms with Gasteiger partial charge in [-0.1, -0.05) is 18.6 Å². The summed E-state index contributed by atoms with van der Waals surface area (Å²) in [6.45, 7) is 4.60. The van der Waals surface area contributed by atoms with Gasteiger partial charge in [0.05, 0.1) is 13.2 Å². The van der Waals surface area contributed by atoms with Gasteiger partial charge in [0.2, 0.25) is 0 Å². The van der Waals surface area contributed by atoms with E-state index in [9.17, 15) is 0 Å². The lowest BCUT2D eigenvalue weighted by Crippen LogP contribution is -2.37. The van der Waals surface area contributed by atoms with Crippen molar-refractivity contribution < 1.29 is 9.47 Å². The van der Waals surface area contributed by atoms with Crippen LogP contribution in [0.1, 0.15) is 30.4 Å². The van der Waals surface area contributed by atoms with E-state index in [1.807, 2.05) is 19.1 Å². The quantitative estimate of drug-likeness (QED) is 0.439. The number of nitrogens with two attached hydrogens (primary N) is 1. The second kappa shape index (κ2) is 8.63. The molecule has 1 aliphatic rings. The van der Waals surface area contributed by atoms with Crippen LogP contribution in [-0.4, -0.2) is 32.8 Å². The monoisotopic (exact) mass is 305 g/mol. The fraction of sp³-hybridized carbons (Fsp3) is 0.588. The lowest BCUT2D eigenvalue weighted by atomic mass is 9.85. The number of benzene rings is 1. The van der Waals surface area contributed by atoms with E-state index in [4.69, 9.17) is 15.2 Å². The number of hydrogen-bond donors (Lipinski definition) is 2. The molecule has 0 unspecified atom stereocenters. The third-order valence-electron chi connectivity index (χ3n) is 3.98. The number of nitrogens with one attached hydrogen (secondary N) is 1. The Morgan fingerprint density at radius 1 is 1.36 bits per heavy atom. The Hall–Kier alpha value is -1.75. The van der Waals surface area contributed by atoms with E-state index in [0.29, 0.717) is 25.7 Å². The minimum atomic E-state index is 0.510.